The van der Waals surface area contributed by atoms with Crippen LogP contribution in [0.2, 0.25) is 0 Å². The third-order valence-corrected chi connectivity index (χ3v) is 5.52. The third kappa shape index (κ3) is 3.90. The number of hydrogen-bond donors (Lipinski definition) is 2. The van der Waals surface area contributed by atoms with Crippen LogP contribution in [0.25, 0.3) is 16.9 Å². The van der Waals surface area contributed by atoms with Crippen molar-refractivity contribution in [3.63, 3.8) is 0 Å². The lowest BCUT2D eigenvalue weighted by molar-refractivity contribution is -0.120. The molecule has 2 saturated heterocycles. The van der Waals surface area contributed by atoms with Crippen LogP contribution in [0.1, 0.15) is 19.8 Å². The van der Waals surface area contributed by atoms with Crippen molar-refractivity contribution in [3.8, 4) is 11.6 Å². The Balaban J connectivity index is 1.34. The van der Waals surface area contributed by atoms with Gasteiger partial charge < -0.3 is 20.1 Å². The highest BCUT2D eigenvalue weighted by Gasteiger charge is 2.34. The Morgan fingerprint density at radius 1 is 1.34 bits per heavy atom. The number of fused-ring (bicyclic) bond motifs is 1. The van der Waals surface area contributed by atoms with Crippen molar-refractivity contribution in [2.24, 2.45) is 5.41 Å². The molecule has 1 aromatic carbocycles. The molecule has 2 aliphatic rings. The van der Waals surface area contributed by atoms with Crippen molar-refractivity contribution in [2.75, 3.05) is 38.2 Å². The van der Waals surface area contributed by atoms with Gasteiger partial charge in [-0.05, 0) is 31.5 Å². The van der Waals surface area contributed by atoms with Crippen molar-refractivity contribution < 1.29 is 9.47 Å². The average molecular weight is 394 g/mol. The summed E-state index contributed by atoms with van der Waals surface area (Å²) in [5, 5.41) is 6.89. The topological polar surface area (TPSA) is 86.1 Å². The van der Waals surface area contributed by atoms with E-state index in [1.54, 1.807) is 18.7 Å². The molecule has 8 nitrogen and oxygen atoms in total. The van der Waals surface area contributed by atoms with Gasteiger partial charge in [0, 0.05) is 24.1 Å². The van der Waals surface area contributed by atoms with E-state index in [0.717, 1.165) is 61.1 Å². The van der Waals surface area contributed by atoms with Gasteiger partial charge in [0.2, 0.25) is 0 Å². The number of anilines is 1. The number of piperidine rings is 1. The third-order valence-electron chi connectivity index (χ3n) is 5.52. The van der Waals surface area contributed by atoms with Crippen molar-refractivity contribution in [1.29, 1.82) is 0 Å². The maximum Gasteiger partial charge on any atom is 0.159 e. The molecule has 4 heterocycles. The van der Waals surface area contributed by atoms with E-state index in [1.807, 2.05) is 22.8 Å². The molecule has 152 valence electrons. The lowest BCUT2D eigenvalue weighted by atomic mass is 9.90. The lowest BCUT2D eigenvalue weighted by Gasteiger charge is -2.37. The predicted octanol–water partition coefficient (Wildman–Crippen LogP) is 2.39. The van der Waals surface area contributed by atoms with Crippen molar-refractivity contribution in [3.05, 3.63) is 36.9 Å². The molecule has 1 atom stereocenters. The van der Waals surface area contributed by atoms with E-state index in [0.29, 0.717) is 12.6 Å². The van der Waals surface area contributed by atoms with Gasteiger partial charge in [-0.25, -0.2) is 9.97 Å². The Kier molecular flexibility index (Phi) is 4.81. The van der Waals surface area contributed by atoms with E-state index in [9.17, 15) is 0 Å². The molecule has 1 unspecified atom stereocenters. The first kappa shape index (κ1) is 18.3. The predicted molar refractivity (Wildman–Crippen MR) is 111 cm³/mol. The van der Waals surface area contributed by atoms with Gasteiger partial charge in [-0.3, -0.25) is 9.55 Å². The summed E-state index contributed by atoms with van der Waals surface area (Å²) in [6, 6.07) is 6.35. The van der Waals surface area contributed by atoms with Crippen LogP contribution in [0.15, 0.2) is 36.9 Å². The van der Waals surface area contributed by atoms with Gasteiger partial charge in [0.1, 0.15) is 17.9 Å². The van der Waals surface area contributed by atoms with E-state index in [-0.39, 0.29) is 5.41 Å². The molecular weight excluding hydrogens is 368 g/mol. The zero-order valence-corrected chi connectivity index (χ0v) is 16.6. The Morgan fingerprint density at radius 3 is 3.07 bits per heavy atom. The lowest BCUT2D eigenvalue weighted by Crippen LogP contribution is -2.44. The van der Waals surface area contributed by atoms with E-state index in [4.69, 9.17) is 14.5 Å². The SMILES string of the molecule is CC1(COc2ccc3c(c2)ncn3-c2cncc(NC3CCCNC3)n2)COC1. The first-order chi connectivity index (χ1) is 14.2. The van der Waals surface area contributed by atoms with Gasteiger partial charge >= 0.3 is 0 Å². The minimum atomic E-state index is 0.116. The fourth-order valence-electron chi connectivity index (χ4n) is 3.78. The number of hydrogen-bond acceptors (Lipinski definition) is 7. The first-order valence-corrected chi connectivity index (χ1v) is 10.2. The molecule has 0 radical (unpaired) electrons. The first-order valence-electron chi connectivity index (χ1n) is 10.2. The van der Waals surface area contributed by atoms with Gasteiger partial charge in [0.05, 0.1) is 43.2 Å². The van der Waals surface area contributed by atoms with Crippen LogP contribution in [0.5, 0.6) is 5.75 Å². The van der Waals surface area contributed by atoms with Crippen LogP contribution in [-0.2, 0) is 4.74 Å². The molecule has 2 aromatic heterocycles. The largest absolute Gasteiger partial charge is 0.493 e. The number of imidazole rings is 1. The van der Waals surface area contributed by atoms with Gasteiger partial charge in [0.25, 0.3) is 0 Å². The Labute approximate surface area is 169 Å². The summed E-state index contributed by atoms with van der Waals surface area (Å²) in [7, 11) is 0. The molecule has 0 spiro atoms. The maximum absolute atomic E-state index is 5.97. The standard InChI is InChI=1S/C21H26N6O2/c1-21(11-28-12-21)13-29-16-4-5-18-17(7-16)24-14-27(18)20-10-23-9-19(26-20)25-15-3-2-6-22-8-15/h4-5,7,9-10,14-15,22H,2-3,6,8,11-13H2,1H3,(H,25,26). The van der Waals surface area contributed by atoms with E-state index in [1.165, 1.54) is 6.42 Å². The second-order valence-electron chi connectivity index (χ2n) is 8.31. The Hall–Kier alpha value is -2.71. The molecule has 0 aliphatic carbocycles. The maximum atomic E-state index is 5.97. The van der Waals surface area contributed by atoms with Crippen LogP contribution in [0.4, 0.5) is 5.82 Å². The summed E-state index contributed by atoms with van der Waals surface area (Å²) in [6.45, 7) is 6.37. The summed E-state index contributed by atoms with van der Waals surface area (Å²) >= 11 is 0. The van der Waals surface area contributed by atoms with Crippen molar-refractivity contribution in [2.45, 2.75) is 25.8 Å². The molecule has 2 aliphatic heterocycles. The van der Waals surface area contributed by atoms with E-state index >= 15 is 0 Å². The molecule has 0 saturated carbocycles. The molecule has 3 aromatic rings. The van der Waals surface area contributed by atoms with Crippen LogP contribution in [0, 0.1) is 5.41 Å². The zero-order valence-electron chi connectivity index (χ0n) is 16.6. The van der Waals surface area contributed by atoms with Crippen LogP contribution < -0.4 is 15.4 Å². The van der Waals surface area contributed by atoms with Crippen LogP contribution in [0.3, 0.4) is 0 Å². The summed E-state index contributed by atoms with van der Waals surface area (Å²) in [4.78, 5) is 13.7. The molecular formula is C21H26N6O2. The second-order valence-corrected chi connectivity index (χ2v) is 8.31. The summed E-state index contributed by atoms with van der Waals surface area (Å²) in [5.41, 5.74) is 1.96. The minimum Gasteiger partial charge on any atom is -0.493 e. The smallest absolute Gasteiger partial charge is 0.159 e. The van der Waals surface area contributed by atoms with Crippen LogP contribution in [-0.4, -0.2) is 58.5 Å². The molecule has 29 heavy (non-hydrogen) atoms. The fraction of sp³-hybridized carbons (Fsp3) is 0.476. The number of ether oxygens (including phenoxy) is 2. The monoisotopic (exact) mass is 394 g/mol. The fourth-order valence-corrected chi connectivity index (χ4v) is 3.78. The molecule has 5 rings (SSSR count). The highest BCUT2D eigenvalue weighted by atomic mass is 16.5. The Bertz CT molecular complexity index is 994. The number of nitrogens with one attached hydrogen (secondary N) is 2. The molecule has 8 heteroatoms. The van der Waals surface area contributed by atoms with Crippen LogP contribution >= 0.6 is 0 Å². The van der Waals surface area contributed by atoms with Gasteiger partial charge in [0.15, 0.2) is 5.82 Å². The number of rotatable bonds is 6. The number of benzene rings is 1. The highest BCUT2D eigenvalue weighted by Crippen LogP contribution is 2.29. The van der Waals surface area contributed by atoms with Gasteiger partial charge in [-0.15, -0.1) is 0 Å². The summed E-state index contributed by atoms with van der Waals surface area (Å²) < 4.78 is 13.2. The second kappa shape index (κ2) is 7.61. The van der Waals surface area contributed by atoms with E-state index in [2.05, 4.69) is 27.5 Å². The van der Waals surface area contributed by atoms with Gasteiger partial charge in [-0.2, -0.15) is 0 Å². The van der Waals surface area contributed by atoms with Crippen molar-refractivity contribution in [1.82, 2.24) is 24.8 Å². The molecule has 0 amide bonds. The number of nitrogens with zero attached hydrogens (tertiary/aromatic N) is 4. The minimum absolute atomic E-state index is 0.116. The Morgan fingerprint density at radius 2 is 2.28 bits per heavy atom. The quantitative estimate of drug-likeness (QED) is 0.664. The average Bonchev–Trinajstić information content (AvgIpc) is 3.15. The molecule has 2 N–H and O–H groups in total. The summed E-state index contributed by atoms with van der Waals surface area (Å²) in [6.07, 6.45) is 7.63. The highest BCUT2D eigenvalue weighted by molar-refractivity contribution is 5.78. The van der Waals surface area contributed by atoms with E-state index < -0.39 is 0 Å². The normalized spacial score (nSPS) is 20.9. The number of aromatic nitrogens is 4. The summed E-state index contributed by atoms with van der Waals surface area (Å²) in [5.74, 6) is 2.35. The molecule has 0 bridgehead atoms. The van der Waals surface area contributed by atoms with Gasteiger partial charge in [-0.1, -0.05) is 6.92 Å². The van der Waals surface area contributed by atoms with Crippen molar-refractivity contribution >= 4 is 16.9 Å². The zero-order chi connectivity index (χ0) is 19.7. The molecule has 2 fully saturated rings.